The van der Waals surface area contributed by atoms with Gasteiger partial charge in [-0.25, -0.2) is 4.79 Å². The summed E-state index contributed by atoms with van der Waals surface area (Å²) in [6, 6.07) is 6.53. The zero-order valence-corrected chi connectivity index (χ0v) is 9.77. The minimum absolute atomic E-state index is 0.0792. The van der Waals surface area contributed by atoms with Gasteiger partial charge in [0.05, 0.1) is 18.2 Å². The highest BCUT2D eigenvalue weighted by atomic mass is 16.5. The van der Waals surface area contributed by atoms with Crippen LogP contribution in [0.4, 0.5) is 0 Å². The second-order valence-electron chi connectivity index (χ2n) is 4.03. The Balaban J connectivity index is 2.48. The molecule has 0 fully saturated rings. The first-order valence-electron chi connectivity index (χ1n) is 5.51. The summed E-state index contributed by atoms with van der Waals surface area (Å²) in [5.41, 5.74) is -1.28. The van der Waals surface area contributed by atoms with Crippen LogP contribution >= 0.6 is 0 Å². The van der Waals surface area contributed by atoms with Crippen LogP contribution < -0.4 is 0 Å². The minimum Gasteiger partial charge on any atom is -0.463 e. The van der Waals surface area contributed by atoms with Gasteiger partial charge in [0, 0.05) is 12.0 Å². The number of nitrogens with zero attached hydrogens (tertiary/aromatic N) is 1. The van der Waals surface area contributed by atoms with Crippen molar-refractivity contribution in [1.29, 1.82) is 5.26 Å². The highest BCUT2D eigenvalue weighted by Crippen LogP contribution is 2.33. The van der Waals surface area contributed by atoms with Crippen molar-refractivity contribution < 1.29 is 19.4 Å². The third-order valence-corrected chi connectivity index (χ3v) is 2.96. The number of esters is 1. The lowest BCUT2D eigenvalue weighted by Crippen LogP contribution is -2.45. The Morgan fingerprint density at radius 1 is 1.61 bits per heavy atom. The van der Waals surface area contributed by atoms with Crippen molar-refractivity contribution >= 4 is 11.8 Å². The van der Waals surface area contributed by atoms with E-state index < -0.39 is 17.4 Å². The smallest absolute Gasteiger partial charge is 0.346 e. The zero-order chi connectivity index (χ0) is 13.3. The van der Waals surface area contributed by atoms with Crippen molar-refractivity contribution in [3.05, 3.63) is 34.9 Å². The molecule has 2 rings (SSSR count). The quantitative estimate of drug-likeness (QED) is 0.608. The van der Waals surface area contributed by atoms with Gasteiger partial charge < -0.3 is 9.84 Å². The molecule has 0 saturated carbocycles. The van der Waals surface area contributed by atoms with Gasteiger partial charge >= 0.3 is 5.97 Å². The summed E-state index contributed by atoms with van der Waals surface area (Å²) in [5.74, 6) is -1.66. The Morgan fingerprint density at radius 3 is 2.94 bits per heavy atom. The van der Waals surface area contributed by atoms with Gasteiger partial charge in [-0.3, -0.25) is 4.79 Å². The molecule has 1 aliphatic rings. The van der Waals surface area contributed by atoms with E-state index in [1.807, 2.05) is 6.07 Å². The van der Waals surface area contributed by atoms with E-state index in [2.05, 4.69) is 0 Å². The molecule has 0 bridgehead atoms. The number of fused-ring (bicyclic) bond motifs is 1. The summed E-state index contributed by atoms with van der Waals surface area (Å²) in [4.78, 5) is 23.7. The fourth-order valence-electron chi connectivity index (χ4n) is 2.07. The first-order chi connectivity index (χ1) is 8.54. The topological polar surface area (TPSA) is 87.4 Å². The lowest BCUT2D eigenvalue weighted by molar-refractivity contribution is -0.159. The summed E-state index contributed by atoms with van der Waals surface area (Å²) >= 11 is 0. The molecule has 1 aromatic carbocycles. The lowest BCUT2D eigenvalue weighted by atomic mass is 9.99. The van der Waals surface area contributed by atoms with E-state index in [0.717, 1.165) is 0 Å². The number of carbonyl (C=O) groups excluding carboxylic acids is 2. The van der Waals surface area contributed by atoms with Crippen LogP contribution in [0.2, 0.25) is 0 Å². The van der Waals surface area contributed by atoms with E-state index in [1.165, 1.54) is 6.07 Å². The summed E-state index contributed by atoms with van der Waals surface area (Å²) in [7, 11) is 0. The third-order valence-electron chi connectivity index (χ3n) is 2.96. The maximum Gasteiger partial charge on any atom is 0.346 e. The predicted molar refractivity (Wildman–Crippen MR) is 60.8 cm³/mol. The molecule has 1 aliphatic carbocycles. The Kier molecular flexibility index (Phi) is 2.89. The molecule has 0 amide bonds. The fourth-order valence-corrected chi connectivity index (χ4v) is 2.07. The van der Waals surface area contributed by atoms with Crippen LogP contribution in [0.5, 0.6) is 0 Å². The molecule has 1 aromatic rings. The van der Waals surface area contributed by atoms with Crippen LogP contribution in [0.25, 0.3) is 0 Å². The fraction of sp³-hybridized carbons (Fsp3) is 0.308. The van der Waals surface area contributed by atoms with Crippen molar-refractivity contribution in [2.75, 3.05) is 6.61 Å². The van der Waals surface area contributed by atoms with E-state index >= 15 is 0 Å². The van der Waals surface area contributed by atoms with E-state index in [9.17, 15) is 14.7 Å². The number of aliphatic hydroxyl groups is 1. The molecule has 92 valence electrons. The molecule has 1 unspecified atom stereocenters. The van der Waals surface area contributed by atoms with Crippen molar-refractivity contribution in [2.45, 2.75) is 18.9 Å². The van der Waals surface area contributed by atoms with Gasteiger partial charge in [0.15, 0.2) is 0 Å². The third kappa shape index (κ3) is 1.59. The van der Waals surface area contributed by atoms with Gasteiger partial charge in [-0.15, -0.1) is 0 Å². The van der Waals surface area contributed by atoms with Crippen molar-refractivity contribution in [2.24, 2.45) is 0 Å². The van der Waals surface area contributed by atoms with E-state index in [1.54, 1.807) is 19.1 Å². The molecule has 0 saturated heterocycles. The van der Waals surface area contributed by atoms with Gasteiger partial charge in [0.25, 0.3) is 0 Å². The Bertz CT molecular complexity index is 573. The molecule has 1 N–H and O–H groups in total. The number of Topliss-reactive ketones (excluding diaryl/α,β-unsaturated/α-hetero) is 1. The molecular weight excluding hydrogens is 234 g/mol. The van der Waals surface area contributed by atoms with E-state index in [0.29, 0.717) is 11.1 Å². The first kappa shape index (κ1) is 12.3. The van der Waals surface area contributed by atoms with Crippen LogP contribution in [0, 0.1) is 11.3 Å². The number of rotatable bonds is 2. The molecule has 5 nitrogen and oxygen atoms in total. The Morgan fingerprint density at radius 2 is 2.33 bits per heavy atom. The van der Waals surface area contributed by atoms with Crippen molar-refractivity contribution in [1.82, 2.24) is 0 Å². The first-order valence-corrected chi connectivity index (χ1v) is 5.51. The van der Waals surface area contributed by atoms with E-state index in [4.69, 9.17) is 10.00 Å². The number of hydrogen-bond donors (Lipinski definition) is 1. The standard InChI is InChI=1S/C13H11NO4/c1-2-18-12(16)13(17)6-10-8(7-14)4-3-5-9(10)11(13)15/h3-5,17H,2,6H2,1H3. The maximum absolute atomic E-state index is 12.0. The largest absolute Gasteiger partial charge is 0.463 e. The van der Waals surface area contributed by atoms with Crippen LogP contribution in [-0.4, -0.2) is 29.1 Å². The van der Waals surface area contributed by atoms with Gasteiger partial charge in [-0.2, -0.15) is 5.26 Å². The highest BCUT2D eigenvalue weighted by Gasteiger charge is 2.52. The van der Waals surface area contributed by atoms with E-state index in [-0.39, 0.29) is 18.6 Å². The van der Waals surface area contributed by atoms with Crippen LogP contribution in [0.3, 0.4) is 0 Å². The second-order valence-corrected chi connectivity index (χ2v) is 4.03. The molecule has 5 heteroatoms. The van der Waals surface area contributed by atoms with Crippen molar-refractivity contribution in [3.63, 3.8) is 0 Å². The average Bonchev–Trinajstić information content (AvgIpc) is 2.63. The number of ether oxygens (including phenoxy) is 1. The molecule has 0 spiro atoms. The minimum atomic E-state index is -2.19. The molecule has 1 atom stereocenters. The maximum atomic E-state index is 12.0. The summed E-state index contributed by atoms with van der Waals surface area (Å²) in [6.07, 6.45) is -0.205. The molecular formula is C13H11NO4. The lowest BCUT2D eigenvalue weighted by Gasteiger charge is -2.17. The SMILES string of the molecule is CCOC(=O)C1(O)Cc2c(C#N)cccc2C1=O. The number of nitriles is 1. The summed E-state index contributed by atoms with van der Waals surface area (Å²) < 4.78 is 4.71. The van der Waals surface area contributed by atoms with Crippen LogP contribution in [0.1, 0.15) is 28.4 Å². The molecule has 0 radical (unpaired) electrons. The molecule has 0 heterocycles. The van der Waals surface area contributed by atoms with Gasteiger partial charge in [0.2, 0.25) is 11.4 Å². The Labute approximate surface area is 104 Å². The highest BCUT2D eigenvalue weighted by molar-refractivity contribution is 6.19. The average molecular weight is 245 g/mol. The number of benzene rings is 1. The second kappa shape index (κ2) is 4.24. The van der Waals surface area contributed by atoms with Gasteiger partial charge in [-0.05, 0) is 18.6 Å². The zero-order valence-electron chi connectivity index (χ0n) is 9.77. The molecule has 18 heavy (non-hydrogen) atoms. The number of ketones is 1. The van der Waals surface area contributed by atoms with Crippen molar-refractivity contribution in [3.8, 4) is 6.07 Å². The number of carbonyl (C=O) groups is 2. The summed E-state index contributed by atoms with van der Waals surface area (Å²) in [6.45, 7) is 1.67. The van der Waals surface area contributed by atoms with Crippen LogP contribution in [-0.2, 0) is 16.0 Å². The normalized spacial score (nSPS) is 21.3. The number of hydrogen-bond acceptors (Lipinski definition) is 5. The summed E-state index contributed by atoms with van der Waals surface area (Å²) in [5, 5.41) is 19.1. The predicted octanol–water partition coefficient (Wildman–Crippen LogP) is 0.591. The Hall–Kier alpha value is -2.19. The van der Waals surface area contributed by atoms with Gasteiger partial charge in [0.1, 0.15) is 0 Å². The molecule has 0 aromatic heterocycles. The van der Waals surface area contributed by atoms with Gasteiger partial charge in [-0.1, -0.05) is 12.1 Å². The molecule has 0 aliphatic heterocycles. The van der Waals surface area contributed by atoms with Crippen LogP contribution in [0.15, 0.2) is 18.2 Å². The monoisotopic (exact) mass is 245 g/mol.